The summed E-state index contributed by atoms with van der Waals surface area (Å²) in [6.45, 7) is 8.21. The molecular formula is C16H23N5OS. The van der Waals surface area contributed by atoms with Gasteiger partial charge >= 0.3 is 0 Å². The van der Waals surface area contributed by atoms with Gasteiger partial charge in [0, 0.05) is 23.7 Å². The van der Waals surface area contributed by atoms with Crippen LogP contribution in [0.5, 0.6) is 5.88 Å². The topological polar surface area (TPSA) is 71.4 Å². The lowest BCUT2D eigenvalue weighted by Gasteiger charge is -2.10. The molecule has 0 aliphatic rings. The first kappa shape index (κ1) is 17.2. The molecule has 0 aliphatic heterocycles. The second-order valence-electron chi connectivity index (χ2n) is 5.01. The fourth-order valence-corrected chi connectivity index (χ4v) is 2.79. The lowest BCUT2D eigenvalue weighted by Crippen LogP contribution is -2.36. The molecular weight excluding hydrogens is 310 g/mol. The van der Waals surface area contributed by atoms with Crippen molar-refractivity contribution in [3.8, 4) is 5.88 Å². The Hall–Kier alpha value is -2.15. The number of methoxy groups -OCH3 is 1. The van der Waals surface area contributed by atoms with E-state index in [1.54, 1.807) is 24.6 Å². The van der Waals surface area contributed by atoms with Gasteiger partial charge in [0.15, 0.2) is 5.96 Å². The van der Waals surface area contributed by atoms with Crippen LogP contribution in [0.3, 0.4) is 0 Å². The Kier molecular flexibility index (Phi) is 6.34. The number of aromatic nitrogens is 2. The predicted molar refractivity (Wildman–Crippen MR) is 94.0 cm³/mol. The molecule has 23 heavy (non-hydrogen) atoms. The molecule has 0 saturated carbocycles. The van der Waals surface area contributed by atoms with Crippen molar-refractivity contribution in [2.75, 3.05) is 13.7 Å². The highest BCUT2D eigenvalue weighted by molar-refractivity contribution is 7.11. The molecule has 2 aromatic rings. The number of thiazole rings is 1. The number of pyridine rings is 1. The largest absolute Gasteiger partial charge is 0.481 e. The molecule has 2 N–H and O–H groups in total. The Balaban J connectivity index is 1.95. The minimum absolute atomic E-state index is 0.558. The van der Waals surface area contributed by atoms with Crippen molar-refractivity contribution in [3.63, 3.8) is 0 Å². The Morgan fingerprint density at radius 1 is 1.30 bits per heavy atom. The molecule has 2 aromatic heterocycles. The molecule has 0 spiro atoms. The third-order valence-corrected chi connectivity index (χ3v) is 4.32. The first-order valence-corrected chi connectivity index (χ1v) is 8.38. The van der Waals surface area contributed by atoms with Crippen LogP contribution >= 0.6 is 11.3 Å². The van der Waals surface area contributed by atoms with Crippen LogP contribution in [-0.4, -0.2) is 29.6 Å². The third-order valence-electron chi connectivity index (χ3n) is 3.25. The van der Waals surface area contributed by atoms with Crippen molar-refractivity contribution in [2.24, 2.45) is 4.99 Å². The van der Waals surface area contributed by atoms with E-state index in [1.165, 1.54) is 4.88 Å². The van der Waals surface area contributed by atoms with Gasteiger partial charge in [-0.05, 0) is 26.3 Å². The van der Waals surface area contributed by atoms with E-state index in [4.69, 9.17) is 4.74 Å². The fraction of sp³-hybridized carbons (Fsp3) is 0.438. The van der Waals surface area contributed by atoms with Gasteiger partial charge in [0.1, 0.15) is 5.01 Å². The van der Waals surface area contributed by atoms with Gasteiger partial charge in [-0.15, -0.1) is 11.3 Å². The van der Waals surface area contributed by atoms with Gasteiger partial charge in [-0.1, -0.05) is 6.07 Å². The summed E-state index contributed by atoms with van der Waals surface area (Å²) in [5, 5.41) is 7.62. The van der Waals surface area contributed by atoms with Gasteiger partial charge in [-0.25, -0.2) is 15.0 Å². The van der Waals surface area contributed by atoms with Crippen LogP contribution in [-0.2, 0) is 13.1 Å². The minimum Gasteiger partial charge on any atom is -0.481 e. The smallest absolute Gasteiger partial charge is 0.212 e. The lowest BCUT2D eigenvalue weighted by molar-refractivity contribution is 0.397. The average molecular weight is 333 g/mol. The number of nitrogens with one attached hydrogen (secondary N) is 2. The van der Waals surface area contributed by atoms with Crippen LogP contribution in [0.4, 0.5) is 0 Å². The third kappa shape index (κ3) is 5.21. The second-order valence-corrected chi connectivity index (χ2v) is 6.29. The Morgan fingerprint density at radius 3 is 2.70 bits per heavy atom. The van der Waals surface area contributed by atoms with Crippen molar-refractivity contribution in [1.82, 2.24) is 20.6 Å². The number of nitrogens with zero attached hydrogens (tertiary/aromatic N) is 3. The molecule has 0 bridgehead atoms. The van der Waals surface area contributed by atoms with E-state index in [-0.39, 0.29) is 0 Å². The highest BCUT2D eigenvalue weighted by atomic mass is 32.1. The van der Waals surface area contributed by atoms with Crippen molar-refractivity contribution in [3.05, 3.63) is 39.5 Å². The molecule has 7 heteroatoms. The molecule has 0 amide bonds. The maximum absolute atomic E-state index is 5.06. The van der Waals surface area contributed by atoms with E-state index in [0.717, 1.165) is 28.8 Å². The zero-order valence-electron chi connectivity index (χ0n) is 14.0. The van der Waals surface area contributed by atoms with Crippen LogP contribution in [0, 0.1) is 13.8 Å². The average Bonchev–Trinajstić information content (AvgIpc) is 2.89. The first-order chi connectivity index (χ1) is 11.1. The number of ether oxygens (including phenoxy) is 1. The molecule has 124 valence electrons. The number of hydrogen-bond donors (Lipinski definition) is 2. The van der Waals surface area contributed by atoms with Crippen LogP contribution in [0.2, 0.25) is 0 Å². The van der Waals surface area contributed by atoms with E-state index in [1.807, 2.05) is 26.0 Å². The molecule has 0 atom stereocenters. The molecule has 6 nitrogen and oxygen atoms in total. The summed E-state index contributed by atoms with van der Waals surface area (Å²) in [4.78, 5) is 14.5. The quantitative estimate of drug-likeness (QED) is 0.627. The van der Waals surface area contributed by atoms with Crippen molar-refractivity contribution >= 4 is 17.3 Å². The molecule has 0 radical (unpaired) electrons. The van der Waals surface area contributed by atoms with Gasteiger partial charge in [0.05, 0.1) is 25.9 Å². The van der Waals surface area contributed by atoms with E-state index in [0.29, 0.717) is 19.0 Å². The van der Waals surface area contributed by atoms with Gasteiger partial charge in [0.25, 0.3) is 0 Å². The van der Waals surface area contributed by atoms with Crippen LogP contribution in [0.1, 0.15) is 28.1 Å². The van der Waals surface area contributed by atoms with E-state index >= 15 is 0 Å². The van der Waals surface area contributed by atoms with Crippen molar-refractivity contribution in [2.45, 2.75) is 33.9 Å². The Morgan fingerprint density at radius 2 is 2.13 bits per heavy atom. The SMILES string of the molecule is CCNC(=NCc1ccc(OC)nc1)NCc1nc(C)c(C)s1. The number of hydrogen-bond acceptors (Lipinski definition) is 5. The molecule has 0 aliphatic carbocycles. The minimum atomic E-state index is 0.558. The number of aryl methyl sites for hydroxylation is 2. The lowest BCUT2D eigenvalue weighted by atomic mass is 10.3. The number of aliphatic imine (C=N–C) groups is 1. The molecule has 2 rings (SSSR count). The van der Waals surface area contributed by atoms with Gasteiger partial charge < -0.3 is 15.4 Å². The van der Waals surface area contributed by atoms with Gasteiger partial charge in [0.2, 0.25) is 5.88 Å². The van der Waals surface area contributed by atoms with E-state index in [9.17, 15) is 0 Å². The van der Waals surface area contributed by atoms with Crippen molar-refractivity contribution < 1.29 is 4.74 Å². The Bertz CT molecular complexity index is 631. The summed E-state index contributed by atoms with van der Waals surface area (Å²) in [5.74, 6) is 1.38. The summed E-state index contributed by atoms with van der Waals surface area (Å²) < 4.78 is 5.06. The zero-order valence-corrected chi connectivity index (χ0v) is 14.8. The second kappa shape index (κ2) is 8.47. The van der Waals surface area contributed by atoms with Crippen LogP contribution in [0.15, 0.2) is 23.3 Å². The first-order valence-electron chi connectivity index (χ1n) is 7.56. The standard InChI is InChI=1S/C16H23N5OS/c1-5-17-16(20-10-15-21-11(2)12(3)23-15)19-9-13-6-7-14(22-4)18-8-13/h6-8H,5,9-10H2,1-4H3,(H2,17,19,20). The van der Waals surface area contributed by atoms with Gasteiger partial charge in [-0.3, -0.25) is 0 Å². The zero-order chi connectivity index (χ0) is 16.7. The molecule has 0 aromatic carbocycles. The highest BCUT2D eigenvalue weighted by Crippen LogP contribution is 2.15. The number of guanidine groups is 1. The Labute approximate surface area is 141 Å². The van der Waals surface area contributed by atoms with Crippen molar-refractivity contribution in [1.29, 1.82) is 0 Å². The highest BCUT2D eigenvalue weighted by Gasteiger charge is 2.05. The molecule has 0 fully saturated rings. The van der Waals surface area contributed by atoms with Crippen LogP contribution in [0.25, 0.3) is 0 Å². The molecule has 0 saturated heterocycles. The summed E-state index contributed by atoms with van der Waals surface area (Å²) in [7, 11) is 1.61. The summed E-state index contributed by atoms with van der Waals surface area (Å²) in [5.41, 5.74) is 2.13. The maximum Gasteiger partial charge on any atom is 0.212 e. The summed E-state index contributed by atoms with van der Waals surface area (Å²) in [6.07, 6.45) is 1.78. The van der Waals surface area contributed by atoms with Gasteiger partial charge in [-0.2, -0.15) is 0 Å². The number of rotatable bonds is 6. The summed E-state index contributed by atoms with van der Waals surface area (Å²) in [6, 6.07) is 3.80. The molecule has 0 unspecified atom stereocenters. The van der Waals surface area contributed by atoms with E-state index < -0.39 is 0 Å². The van der Waals surface area contributed by atoms with Crippen LogP contribution < -0.4 is 15.4 Å². The molecule has 2 heterocycles. The maximum atomic E-state index is 5.06. The summed E-state index contributed by atoms with van der Waals surface area (Å²) >= 11 is 1.71. The normalized spacial score (nSPS) is 11.4. The fourth-order valence-electron chi connectivity index (χ4n) is 1.91. The predicted octanol–water partition coefficient (Wildman–Crippen LogP) is 2.42. The van der Waals surface area contributed by atoms with E-state index in [2.05, 4.69) is 32.5 Å². The monoisotopic (exact) mass is 333 g/mol.